The first-order valence-corrected chi connectivity index (χ1v) is 6.35. The van der Waals surface area contributed by atoms with Crippen molar-refractivity contribution < 1.29 is 0 Å². The normalized spacial score (nSPS) is 20.4. The number of anilines is 2. The van der Waals surface area contributed by atoms with Crippen molar-refractivity contribution in [1.82, 2.24) is 9.97 Å². The topological polar surface area (TPSA) is 67.1 Å². The van der Waals surface area contributed by atoms with Crippen LogP contribution in [0.2, 0.25) is 0 Å². The molecule has 1 aromatic heterocycles. The van der Waals surface area contributed by atoms with Gasteiger partial charge in [0.1, 0.15) is 17.5 Å². The Balaban J connectivity index is 2.29. The average Bonchev–Trinajstić information content (AvgIpc) is 2.38. The molecule has 0 amide bonds. The van der Waals surface area contributed by atoms with E-state index in [1.54, 1.807) is 0 Å². The minimum atomic E-state index is 0.550. The molecule has 1 fully saturated rings. The van der Waals surface area contributed by atoms with Crippen molar-refractivity contribution in [2.45, 2.75) is 45.6 Å². The van der Waals surface area contributed by atoms with E-state index >= 15 is 0 Å². The molecule has 5 heteroatoms. The Morgan fingerprint density at radius 3 is 2.94 bits per heavy atom. The van der Waals surface area contributed by atoms with Crippen LogP contribution in [0.1, 0.15) is 38.9 Å². The van der Waals surface area contributed by atoms with Crippen LogP contribution < -0.4 is 16.2 Å². The lowest BCUT2D eigenvalue weighted by Gasteiger charge is -2.34. The number of aromatic nitrogens is 2. The van der Waals surface area contributed by atoms with E-state index in [1.165, 1.54) is 19.3 Å². The fourth-order valence-electron chi connectivity index (χ4n) is 2.30. The zero-order chi connectivity index (χ0) is 12.3. The van der Waals surface area contributed by atoms with E-state index in [1.807, 2.05) is 6.07 Å². The minimum absolute atomic E-state index is 0.550. The van der Waals surface area contributed by atoms with E-state index in [0.717, 1.165) is 24.6 Å². The van der Waals surface area contributed by atoms with Crippen LogP contribution in [-0.4, -0.2) is 22.6 Å². The van der Waals surface area contributed by atoms with Gasteiger partial charge in [0.05, 0.1) is 0 Å². The van der Waals surface area contributed by atoms with Crippen molar-refractivity contribution in [3.63, 3.8) is 0 Å². The number of nitrogens with two attached hydrogens (primary N) is 1. The smallest absolute Gasteiger partial charge is 0.145 e. The molecule has 5 nitrogen and oxygen atoms in total. The largest absolute Gasteiger partial charge is 0.354 e. The lowest BCUT2D eigenvalue weighted by atomic mass is 10.0. The van der Waals surface area contributed by atoms with E-state index in [4.69, 9.17) is 5.84 Å². The Morgan fingerprint density at radius 2 is 2.29 bits per heavy atom. The van der Waals surface area contributed by atoms with Crippen LogP contribution in [0.15, 0.2) is 6.07 Å². The highest BCUT2D eigenvalue weighted by Gasteiger charge is 2.20. The Kier molecular flexibility index (Phi) is 3.78. The molecular weight excluding hydrogens is 214 g/mol. The zero-order valence-electron chi connectivity index (χ0n) is 10.6. The van der Waals surface area contributed by atoms with Crippen LogP contribution in [-0.2, 0) is 6.42 Å². The summed E-state index contributed by atoms with van der Waals surface area (Å²) >= 11 is 0. The number of aryl methyl sites for hydroxylation is 1. The maximum atomic E-state index is 5.45. The van der Waals surface area contributed by atoms with Gasteiger partial charge in [-0.15, -0.1) is 0 Å². The number of rotatable bonds is 3. The molecule has 0 bridgehead atoms. The van der Waals surface area contributed by atoms with Gasteiger partial charge >= 0.3 is 0 Å². The lowest BCUT2D eigenvalue weighted by molar-refractivity contribution is 0.480. The molecule has 2 rings (SSSR count). The summed E-state index contributed by atoms with van der Waals surface area (Å²) in [7, 11) is 0. The second-order valence-electron chi connectivity index (χ2n) is 4.56. The van der Waals surface area contributed by atoms with Gasteiger partial charge in [0.2, 0.25) is 0 Å². The highest BCUT2D eigenvalue weighted by Crippen LogP contribution is 2.24. The first-order valence-electron chi connectivity index (χ1n) is 6.35. The Bertz CT molecular complexity index is 357. The highest BCUT2D eigenvalue weighted by molar-refractivity contribution is 5.49. The molecule has 0 aliphatic carbocycles. The molecule has 1 aliphatic heterocycles. The van der Waals surface area contributed by atoms with Crippen molar-refractivity contribution >= 4 is 11.6 Å². The third-order valence-electron chi connectivity index (χ3n) is 3.32. The second-order valence-corrected chi connectivity index (χ2v) is 4.56. The molecule has 17 heavy (non-hydrogen) atoms. The fourth-order valence-corrected chi connectivity index (χ4v) is 2.30. The molecule has 0 radical (unpaired) electrons. The first-order chi connectivity index (χ1) is 8.24. The maximum absolute atomic E-state index is 5.45. The fraction of sp³-hybridized carbons (Fsp3) is 0.667. The van der Waals surface area contributed by atoms with Crippen LogP contribution in [0.3, 0.4) is 0 Å². The van der Waals surface area contributed by atoms with Crippen molar-refractivity contribution in [3.05, 3.63) is 11.9 Å². The number of hydrazine groups is 1. The van der Waals surface area contributed by atoms with Crippen LogP contribution in [0.4, 0.5) is 11.6 Å². The van der Waals surface area contributed by atoms with E-state index in [2.05, 4.69) is 34.1 Å². The molecule has 1 saturated heterocycles. The molecule has 1 aromatic rings. The number of nitrogen functional groups attached to an aromatic ring is 1. The molecule has 0 saturated carbocycles. The molecule has 1 atom stereocenters. The van der Waals surface area contributed by atoms with Gasteiger partial charge in [-0.3, -0.25) is 0 Å². The van der Waals surface area contributed by atoms with Gasteiger partial charge in [0.25, 0.3) is 0 Å². The number of hydrogen-bond acceptors (Lipinski definition) is 5. The van der Waals surface area contributed by atoms with Crippen molar-refractivity contribution in [3.8, 4) is 0 Å². The SMILES string of the molecule is CCc1nc(NN)cc(N2CCCCC2C)n1. The van der Waals surface area contributed by atoms with Gasteiger partial charge in [-0.1, -0.05) is 6.92 Å². The third kappa shape index (κ3) is 2.66. The second kappa shape index (κ2) is 5.31. The van der Waals surface area contributed by atoms with Crippen LogP contribution in [0.25, 0.3) is 0 Å². The van der Waals surface area contributed by atoms with E-state index in [0.29, 0.717) is 11.9 Å². The monoisotopic (exact) mass is 235 g/mol. The molecule has 1 unspecified atom stereocenters. The Morgan fingerprint density at radius 1 is 1.47 bits per heavy atom. The quantitative estimate of drug-likeness (QED) is 0.616. The molecule has 2 heterocycles. The summed E-state index contributed by atoms with van der Waals surface area (Å²) < 4.78 is 0. The number of hydrogen-bond donors (Lipinski definition) is 2. The van der Waals surface area contributed by atoms with Gasteiger partial charge in [-0.2, -0.15) is 0 Å². The number of nitrogens with zero attached hydrogens (tertiary/aromatic N) is 3. The van der Waals surface area contributed by atoms with Gasteiger partial charge in [0, 0.05) is 25.1 Å². The Hall–Kier alpha value is -1.36. The lowest BCUT2D eigenvalue weighted by Crippen LogP contribution is -2.38. The van der Waals surface area contributed by atoms with Gasteiger partial charge in [-0.05, 0) is 26.2 Å². The molecular formula is C12H21N5. The molecule has 3 N–H and O–H groups in total. The minimum Gasteiger partial charge on any atom is -0.354 e. The Labute approximate surface area is 102 Å². The summed E-state index contributed by atoms with van der Waals surface area (Å²) in [6.45, 7) is 5.38. The van der Waals surface area contributed by atoms with Gasteiger partial charge < -0.3 is 10.3 Å². The van der Waals surface area contributed by atoms with Crippen LogP contribution >= 0.6 is 0 Å². The molecule has 0 aromatic carbocycles. The van der Waals surface area contributed by atoms with Crippen LogP contribution in [0.5, 0.6) is 0 Å². The summed E-state index contributed by atoms with van der Waals surface area (Å²) in [5, 5.41) is 0. The van der Waals surface area contributed by atoms with E-state index < -0.39 is 0 Å². The van der Waals surface area contributed by atoms with Gasteiger partial charge in [-0.25, -0.2) is 15.8 Å². The predicted octanol–water partition coefficient (Wildman–Crippen LogP) is 1.70. The molecule has 0 spiro atoms. The van der Waals surface area contributed by atoms with Crippen molar-refractivity contribution in [1.29, 1.82) is 0 Å². The van der Waals surface area contributed by atoms with Crippen LogP contribution in [0, 0.1) is 0 Å². The predicted molar refractivity (Wildman–Crippen MR) is 69.9 cm³/mol. The summed E-state index contributed by atoms with van der Waals surface area (Å²) in [5.41, 5.74) is 2.62. The number of nitrogens with one attached hydrogen (secondary N) is 1. The van der Waals surface area contributed by atoms with Crippen molar-refractivity contribution in [2.24, 2.45) is 5.84 Å². The number of piperidine rings is 1. The highest BCUT2D eigenvalue weighted by atomic mass is 15.3. The summed E-state index contributed by atoms with van der Waals surface area (Å²) in [4.78, 5) is 11.3. The molecule has 1 aliphatic rings. The third-order valence-corrected chi connectivity index (χ3v) is 3.32. The standard InChI is InChI=1S/C12H21N5/c1-3-10-14-11(16-13)8-12(15-10)17-7-5-4-6-9(17)2/h8-9H,3-7,13H2,1-2H3,(H,14,15,16). The summed E-state index contributed by atoms with van der Waals surface area (Å²) in [6.07, 6.45) is 4.61. The zero-order valence-corrected chi connectivity index (χ0v) is 10.6. The van der Waals surface area contributed by atoms with Crippen molar-refractivity contribution in [2.75, 3.05) is 16.9 Å². The summed E-state index contributed by atoms with van der Waals surface area (Å²) in [6, 6.07) is 2.48. The van der Waals surface area contributed by atoms with E-state index in [9.17, 15) is 0 Å². The molecule has 94 valence electrons. The first kappa shape index (κ1) is 12.1. The summed E-state index contributed by atoms with van der Waals surface area (Å²) in [5.74, 6) is 7.98. The van der Waals surface area contributed by atoms with Gasteiger partial charge in [0.15, 0.2) is 0 Å². The van der Waals surface area contributed by atoms with E-state index in [-0.39, 0.29) is 0 Å². The average molecular weight is 235 g/mol. The maximum Gasteiger partial charge on any atom is 0.145 e.